The van der Waals surface area contributed by atoms with Crippen LogP contribution in [0.3, 0.4) is 0 Å². The minimum Gasteiger partial charge on any atom is -0.361 e. The van der Waals surface area contributed by atoms with Crippen LogP contribution >= 0.6 is 22.6 Å². The molecule has 0 aliphatic carbocycles. The highest BCUT2D eigenvalue weighted by Gasteiger charge is 2.04. The molecule has 0 aliphatic heterocycles. The Morgan fingerprint density at radius 1 is 1.42 bits per heavy atom. The molecular formula is C8H5IN2O. The van der Waals surface area contributed by atoms with E-state index in [2.05, 4.69) is 27.4 Å². The molecule has 0 aliphatic rings. The Bertz CT molecular complexity index is 339. The van der Waals surface area contributed by atoms with Gasteiger partial charge in [-0.05, 0) is 46.9 Å². The second-order valence-corrected chi connectivity index (χ2v) is 3.36. The quantitative estimate of drug-likeness (QED) is 0.266. The van der Waals surface area contributed by atoms with Crippen molar-refractivity contribution in [2.24, 2.45) is 0 Å². The first-order chi connectivity index (χ1) is 5.74. The van der Waals surface area contributed by atoms with E-state index in [9.17, 15) is 4.79 Å². The molecule has 0 radical (unpaired) electrons. The number of carbonyl (C=O) groups excluding carboxylic acids is 1. The Labute approximate surface area is 83.2 Å². The summed E-state index contributed by atoms with van der Waals surface area (Å²) < 4.78 is 1.06. The minimum absolute atomic E-state index is 0.297. The fourth-order valence-electron chi connectivity index (χ4n) is 0.741. The van der Waals surface area contributed by atoms with Crippen molar-refractivity contribution in [2.75, 3.05) is 0 Å². The Morgan fingerprint density at radius 2 is 2.00 bits per heavy atom. The van der Waals surface area contributed by atoms with Crippen LogP contribution in [0.5, 0.6) is 0 Å². The van der Waals surface area contributed by atoms with Crippen LogP contribution in [0.2, 0.25) is 0 Å². The summed E-state index contributed by atoms with van der Waals surface area (Å²) in [6.07, 6.45) is 0.877. The van der Waals surface area contributed by atoms with Gasteiger partial charge >= 0.3 is 6.21 Å². The molecule has 4 heteroatoms. The second-order valence-electron chi connectivity index (χ2n) is 2.12. The fraction of sp³-hybridized carbons (Fsp3) is 0. The van der Waals surface area contributed by atoms with E-state index in [-0.39, 0.29) is 5.78 Å². The van der Waals surface area contributed by atoms with Gasteiger partial charge in [0.25, 0.3) is 5.78 Å². The highest BCUT2D eigenvalue weighted by Crippen LogP contribution is 2.06. The molecule has 0 spiro atoms. The fourth-order valence-corrected chi connectivity index (χ4v) is 1.10. The largest absolute Gasteiger partial charge is 0.361 e. The zero-order valence-corrected chi connectivity index (χ0v) is 8.22. The van der Waals surface area contributed by atoms with Gasteiger partial charge < -0.3 is 5.53 Å². The number of carbonyl (C=O) groups is 1. The molecule has 0 fully saturated rings. The Balaban J connectivity index is 2.97. The highest BCUT2D eigenvalue weighted by atomic mass is 127. The lowest BCUT2D eigenvalue weighted by atomic mass is 10.1. The van der Waals surface area contributed by atoms with Crippen LogP contribution in [0.15, 0.2) is 24.3 Å². The smallest absolute Gasteiger partial charge is 0.328 e. The lowest BCUT2D eigenvalue weighted by Crippen LogP contribution is -2.00. The van der Waals surface area contributed by atoms with Gasteiger partial charge in [0.2, 0.25) is 0 Å². The van der Waals surface area contributed by atoms with Gasteiger partial charge in [0.05, 0.1) is 0 Å². The van der Waals surface area contributed by atoms with E-state index in [0.717, 1.165) is 9.78 Å². The highest BCUT2D eigenvalue weighted by molar-refractivity contribution is 14.1. The molecule has 0 aromatic heterocycles. The van der Waals surface area contributed by atoms with Gasteiger partial charge in [0, 0.05) is 9.13 Å². The van der Waals surface area contributed by atoms with E-state index in [1.807, 2.05) is 12.1 Å². The Kier molecular flexibility index (Phi) is 3.13. The van der Waals surface area contributed by atoms with Gasteiger partial charge in [-0.3, -0.25) is 4.79 Å². The SMILES string of the molecule is [N-]=[N+]=CC(=O)c1ccc(I)cc1. The van der Waals surface area contributed by atoms with Crippen LogP contribution in [0.25, 0.3) is 5.53 Å². The van der Waals surface area contributed by atoms with Crippen molar-refractivity contribution < 1.29 is 9.58 Å². The van der Waals surface area contributed by atoms with Gasteiger partial charge in [-0.25, -0.2) is 0 Å². The van der Waals surface area contributed by atoms with E-state index in [4.69, 9.17) is 5.53 Å². The van der Waals surface area contributed by atoms with Crippen LogP contribution in [-0.4, -0.2) is 16.8 Å². The lowest BCUT2D eigenvalue weighted by Gasteiger charge is -1.91. The van der Waals surface area contributed by atoms with Crippen LogP contribution < -0.4 is 0 Å². The predicted molar refractivity (Wildman–Crippen MR) is 53.2 cm³/mol. The van der Waals surface area contributed by atoms with E-state index in [1.165, 1.54) is 0 Å². The summed E-state index contributed by atoms with van der Waals surface area (Å²) in [6, 6.07) is 7.01. The monoisotopic (exact) mass is 272 g/mol. The first-order valence-corrected chi connectivity index (χ1v) is 4.29. The molecule has 0 saturated heterocycles. The molecule has 0 atom stereocenters. The maximum absolute atomic E-state index is 11.0. The van der Waals surface area contributed by atoms with Gasteiger partial charge in [-0.15, -0.1) is 0 Å². The average molecular weight is 272 g/mol. The summed E-state index contributed by atoms with van der Waals surface area (Å²) in [5, 5.41) is 0. The van der Waals surface area contributed by atoms with E-state index in [0.29, 0.717) is 5.56 Å². The molecule has 1 rings (SSSR count). The molecule has 0 amide bonds. The summed E-state index contributed by atoms with van der Waals surface area (Å²) in [5.74, 6) is -0.297. The maximum atomic E-state index is 11.0. The summed E-state index contributed by atoms with van der Waals surface area (Å²) in [7, 11) is 0. The van der Waals surface area contributed by atoms with Gasteiger partial charge in [0.15, 0.2) is 0 Å². The normalized spacial score (nSPS) is 8.75. The van der Waals surface area contributed by atoms with Gasteiger partial charge in [-0.2, -0.15) is 4.79 Å². The Hall–Kier alpha value is -1.000. The standard InChI is InChI=1S/C8H5IN2O/c9-7-3-1-6(2-4-7)8(12)5-11-10/h1-5H. The van der Waals surface area contributed by atoms with Crippen LogP contribution in [0, 0.1) is 3.57 Å². The number of nitrogens with zero attached hydrogens (tertiary/aromatic N) is 2. The molecule has 12 heavy (non-hydrogen) atoms. The van der Waals surface area contributed by atoms with E-state index in [1.54, 1.807) is 12.1 Å². The molecule has 1 aromatic carbocycles. The van der Waals surface area contributed by atoms with E-state index >= 15 is 0 Å². The van der Waals surface area contributed by atoms with Crippen LogP contribution in [0.1, 0.15) is 10.4 Å². The summed E-state index contributed by atoms with van der Waals surface area (Å²) in [5.41, 5.74) is 8.62. The third-order valence-corrected chi connectivity index (χ3v) is 2.02. The van der Waals surface area contributed by atoms with Crippen molar-refractivity contribution in [1.82, 2.24) is 0 Å². The molecule has 0 heterocycles. The number of hydrogen-bond donors (Lipinski definition) is 0. The van der Waals surface area contributed by atoms with Crippen LogP contribution in [0.4, 0.5) is 0 Å². The number of benzene rings is 1. The average Bonchev–Trinajstić information content (AvgIpc) is 2.06. The van der Waals surface area contributed by atoms with Crippen molar-refractivity contribution in [3.63, 3.8) is 0 Å². The lowest BCUT2D eigenvalue weighted by molar-refractivity contribution is 0.00235. The molecule has 0 unspecified atom stereocenters. The van der Waals surface area contributed by atoms with E-state index < -0.39 is 0 Å². The molecule has 3 nitrogen and oxygen atoms in total. The van der Waals surface area contributed by atoms with Crippen LogP contribution in [-0.2, 0) is 0 Å². The number of ketones is 1. The minimum atomic E-state index is -0.297. The van der Waals surface area contributed by atoms with Crippen molar-refractivity contribution in [3.05, 3.63) is 38.9 Å². The second kappa shape index (κ2) is 4.13. The topological polar surface area (TPSA) is 53.5 Å². The van der Waals surface area contributed by atoms with Crippen molar-refractivity contribution >= 4 is 34.6 Å². The molecule has 0 bridgehead atoms. The predicted octanol–water partition coefficient (Wildman–Crippen LogP) is 1.77. The zero-order valence-electron chi connectivity index (χ0n) is 6.07. The molecule has 60 valence electrons. The first kappa shape index (κ1) is 9.09. The number of halogens is 1. The number of Topliss-reactive ketones (excluding diaryl/α,β-unsaturated/α-hetero) is 1. The summed E-state index contributed by atoms with van der Waals surface area (Å²) in [4.78, 5) is 13.7. The Morgan fingerprint density at radius 3 is 2.50 bits per heavy atom. The first-order valence-electron chi connectivity index (χ1n) is 3.21. The molecule has 0 N–H and O–H groups in total. The maximum Gasteiger partial charge on any atom is 0.328 e. The summed E-state index contributed by atoms with van der Waals surface area (Å²) >= 11 is 2.15. The molecule has 0 saturated carbocycles. The number of rotatable bonds is 2. The summed E-state index contributed by atoms with van der Waals surface area (Å²) in [6.45, 7) is 0. The molecule has 1 aromatic rings. The zero-order chi connectivity index (χ0) is 8.97. The van der Waals surface area contributed by atoms with Crippen molar-refractivity contribution in [3.8, 4) is 0 Å². The molecular weight excluding hydrogens is 267 g/mol. The third-order valence-electron chi connectivity index (χ3n) is 1.30. The van der Waals surface area contributed by atoms with Gasteiger partial charge in [-0.1, -0.05) is 0 Å². The third kappa shape index (κ3) is 2.25. The van der Waals surface area contributed by atoms with Crippen molar-refractivity contribution in [2.45, 2.75) is 0 Å². The van der Waals surface area contributed by atoms with Crippen molar-refractivity contribution in [1.29, 1.82) is 0 Å². The number of hydrogen-bond acceptors (Lipinski definition) is 1. The van der Waals surface area contributed by atoms with Gasteiger partial charge in [0.1, 0.15) is 0 Å².